The Morgan fingerprint density at radius 2 is 1.70 bits per heavy atom. The highest BCUT2D eigenvalue weighted by Crippen LogP contribution is 2.27. The number of nitrogens with one attached hydrogen (secondary N) is 1. The lowest BCUT2D eigenvalue weighted by molar-refractivity contribution is 0.633. The van der Waals surface area contributed by atoms with Crippen LogP contribution in [-0.2, 0) is 0 Å². The Bertz CT molecular complexity index is 73.7. The van der Waals surface area contributed by atoms with Crippen LogP contribution < -0.4 is 5.32 Å². The Morgan fingerprint density at radius 1 is 1.20 bits per heavy atom. The van der Waals surface area contributed by atoms with E-state index in [0.717, 1.165) is 14.2 Å². The molecule has 0 spiro atoms. The van der Waals surface area contributed by atoms with E-state index in [1.54, 1.807) is 0 Å². The first-order valence-corrected chi connectivity index (χ1v) is 5.62. The summed E-state index contributed by atoms with van der Waals surface area (Å²) in [6.45, 7) is 8.89. The minimum Gasteiger partial charge on any atom is -0.305 e. The quantitative estimate of drug-likeness (QED) is 0.652. The van der Waals surface area contributed by atoms with Crippen LogP contribution in [0, 0.1) is 0 Å². The summed E-state index contributed by atoms with van der Waals surface area (Å²) >= 11 is 0. The molecular weight excluding hydrogens is 160 g/mol. The Morgan fingerprint density at radius 3 is 2.00 bits per heavy atom. The molecule has 0 aromatic rings. The molecule has 1 N–H and O–H groups in total. The van der Waals surface area contributed by atoms with Gasteiger partial charge in [-0.2, -0.15) is 0 Å². The van der Waals surface area contributed by atoms with Gasteiger partial charge in [0.05, 0.1) is 0 Å². The van der Waals surface area contributed by atoms with Crippen molar-refractivity contribution in [3.63, 3.8) is 0 Å². The molecule has 0 radical (unpaired) electrons. The maximum atomic E-state index is 3.45. The Hall–Kier alpha value is 0.820. The molecular formula is C7H19NP2. The molecule has 0 aromatic heterocycles. The van der Waals surface area contributed by atoms with Crippen molar-refractivity contribution in [2.75, 3.05) is 0 Å². The van der Waals surface area contributed by atoms with Gasteiger partial charge >= 0.3 is 0 Å². The maximum absolute atomic E-state index is 3.45. The molecule has 0 aliphatic rings. The van der Waals surface area contributed by atoms with Crippen LogP contribution in [0.3, 0.4) is 0 Å². The van der Waals surface area contributed by atoms with Crippen molar-refractivity contribution >= 4 is 17.8 Å². The van der Waals surface area contributed by atoms with Crippen molar-refractivity contribution in [3.05, 3.63) is 0 Å². The largest absolute Gasteiger partial charge is 0.305 e. The third-order valence-electron chi connectivity index (χ3n) is 1.03. The van der Waals surface area contributed by atoms with Crippen LogP contribution >= 0.6 is 17.8 Å². The minimum absolute atomic E-state index is 0.605. The molecule has 3 heteroatoms. The average molecular weight is 179 g/mol. The van der Waals surface area contributed by atoms with Crippen LogP contribution in [0.25, 0.3) is 0 Å². The number of rotatable bonds is 4. The monoisotopic (exact) mass is 179 g/mol. The van der Waals surface area contributed by atoms with Gasteiger partial charge in [0.1, 0.15) is 0 Å². The van der Waals surface area contributed by atoms with Gasteiger partial charge in [-0.15, -0.1) is 9.24 Å². The van der Waals surface area contributed by atoms with E-state index < -0.39 is 0 Å². The maximum Gasteiger partial charge on any atom is 0.0385 e. The fourth-order valence-electron chi connectivity index (χ4n) is 0.766. The first kappa shape index (κ1) is 10.8. The summed E-state index contributed by atoms with van der Waals surface area (Å²) in [5.41, 5.74) is 1.42. The Labute approximate surface area is 68.7 Å². The second-order valence-corrected chi connectivity index (χ2v) is 6.56. The van der Waals surface area contributed by atoms with Gasteiger partial charge < -0.3 is 5.32 Å². The van der Waals surface area contributed by atoms with Crippen molar-refractivity contribution in [2.45, 2.75) is 44.9 Å². The van der Waals surface area contributed by atoms with Gasteiger partial charge in [-0.1, -0.05) is 22.4 Å². The van der Waals surface area contributed by atoms with E-state index in [-0.39, 0.29) is 0 Å². The molecule has 0 amide bonds. The second-order valence-electron chi connectivity index (χ2n) is 3.12. The average Bonchev–Trinajstić information content (AvgIpc) is 1.58. The highest BCUT2D eigenvalue weighted by molar-refractivity contribution is 7.50. The molecule has 0 bridgehead atoms. The molecule has 0 aliphatic heterocycles. The molecule has 0 aromatic carbocycles. The van der Waals surface area contributed by atoms with Crippen LogP contribution in [0.2, 0.25) is 0 Å². The van der Waals surface area contributed by atoms with Gasteiger partial charge in [-0.05, 0) is 19.5 Å². The summed E-state index contributed by atoms with van der Waals surface area (Å²) < 4.78 is 0. The van der Waals surface area contributed by atoms with Gasteiger partial charge in [-0.25, -0.2) is 0 Å². The first-order chi connectivity index (χ1) is 4.52. The van der Waals surface area contributed by atoms with Crippen molar-refractivity contribution in [3.8, 4) is 0 Å². The van der Waals surface area contributed by atoms with Gasteiger partial charge in [0.15, 0.2) is 0 Å². The predicted molar refractivity (Wildman–Crippen MR) is 55.2 cm³/mol. The van der Waals surface area contributed by atoms with Crippen molar-refractivity contribution in [1.82, 2.24) is 5.32 Å². The second kappa shape index (κ2) is 5.47. The van der Waals surface area contributed by atoms with Crippen LogP contribution in [0.5, 0.6) is 0 Å². The fourth-order valence-corrected chi connectivity index (χ4v) is 3.45. The normalized spacial score (nSPS) is 15.9. The molecule has 0 fully saturated rings. The van der Waals surface area contributed by atoms with Gasteiger partial charge in [0.25, 0.3) is 0 Å². The van der Waals surface area contributed by atoms with E-state index in [0.29, 0.717) is 11.6 Å². The molecule has 0 aliphatic carbocycles. The Balaban J connectivity index is 3.34. The molecule has 1 nitrogen and oxygen atoms in total. The summed E-state index contributed by atoms with van der Waals surface area (Å²) in [4.78, 5) is 0. The summed E-state index contributed by atoms with van der Waals surface area (Å²) in [7, 11) is 3.86. The number of hydrogen-bond acceptors (Lipinski definition) is 1. The van der Waals surface area contributed by atoms with Gasteiger partial charge in [-0.3, -0.25) is 0 Å². The molecule has 0 heterocycles. The molecule has 3 atom stereocenters. The van der Waals surface area contributed by atoms with Crippen molar-refractivity contribution in [1.29, 1.82) is 0 Å². The number of hydrogen-bond donors (Lipinski definition) is 1. The zero-order valence-corrected chi connectivity index (χ0v) is 9.46. The lowest BCUT2D eigenvalue weighted by atomic mass is 10.4. The zero-order chi connectivity index (χ0) is 8.15. The third kappa shape index (κ3) is 6.93. The van der Waals surface area contributed by atoms with Crippen LogP contribution in [0.1, 0.15) is 27.7 Å². The standard InChI is InChI=1S/C7H19NP2/c1-5(2)8-7(9)10-6(3)4/h5-8,10H,9H2,1-4H3. The van der Waals surface area contributed by atoms with E-state index in [4.69, 9.17) is 0 Å². The Kier molecular flexibility index (Phi) is 5.92. The lowest BCUT2D eigenvalue weighted by Gasteiger charge is -2.18. The highest BCUT2D eigenvalue weighted by atomic mass is 31.1. The topological polar surface area (TPSA) is 12.0 Å². The van der Waals surface area contributed by atoms with Gasteiger partial charge in [0, 0.05) is 11.6 Å². The van der Waals surface area contributed by atoms with Crippen LogP contribution in [0.15, 0.2) is 0 Å². The SMILES string of the molecule is CC(C)NC(P)PC(C)C. The first-order valence-electron chi connectivity index (χ1n) is 3.80. The van der Waals surface area contributed by atoms with E-state index in [2.05, 4.69) is 42.3 Å². The predicted octanol–water partition coefficient (Wildman–Crippen LogP) is 2.23. The lowest BCUT2D eigenvalue weighted by Crippen LogP contribution is -2.27. The summed E-state index contributed by atoms with van der Waals surface area (Å²) in [6.07, 6.45) is 0. The van der Waals surface area contributed by atoms with Crippen LogP contribution in [-0.4, -0.2) is 17.2 Å². The minimum atomic E-state index is 0.605. The fraction of sp³-hybridized carbons (Fsp3) is 1.00. The molecule has 0 saturated carbocycles. The highest BCUT2D eigenvalue weighted by Gasteiger charge is 2.04. The van der Waals surface area contributed by atoms with Crippen LogP contribution in [0.4, 0.5) is 0 Å². The molecule has 62 valence electrons. The van der Waals surface area contributed by atoms with E-state index >= 15 is 0 Å². The summed E-state index contributed by atoms with van der Waals surface area (Å²) in [5.74, 6) is 0. The molecule has 0 saturated heterocycles. The molecule has 3 unspecified atom stereocenters. The summed E-state index contributed by atoms with van der Waals surface area (Å²) in [5, 5.41) is 3.45. The molecule has 10 heavy (non-hydrogen) atoms. The van der Waals surface area contributed by atoms with Gasteiger partial charge in [0.2, 0.25) is 0 Å². The molecule has 0 rings (SSSR count). The smallest absolute Gasteiger partial charge is 0.0385 e. The van der Waals surface area contributed by atoms with E-state index in [9.17, 15) is 0 Å². The third-order valence-corrected chi connectivity index (χ3v) is 2.99. The van der Waals surface area contributed by atoms with Crippen molar-refractivity contribution in [2.24, 2.45) is 0 Å². The van der Waals surface area contributed by atoms with E-state index in [1.165, 1.54) is 0 Å². The van der Waals surface area contributed by atoms with Crippen molar-refractivity contribution < 1.29 is 0 Å². The van der Waals surface area contributed by atoms with E-state index in [1.807, 2.05) is 0 Å². The zero-order valence-electron chi connectivity index (χ0n) is 7.31. The summed E-state index contributed by atoms with van der Waals surface area (Å²) in [6, 6.07) is 0.605.